The van der Waals surface area contributed by atoms with E-state index >= 15 is 0 Å². The lowest BCUT2D eigenvalue weighted by molar-refractivity contribution is -0.118. The molecule has 24 heavy (non-hydrogen) atoms. The average Bonchev–Trinajstić information content (AvgIpc) is 2.92. The molecule has 3 rings (SSSR count). The quantitative estimate of drug-likeness (QED) is 0.614. The lowest BCUT2D eigenvalue weighted by Crippen LogP contribution is -2.13. The van der Waals surface area contributed by atoms with Crippen LogP contribution in [-0.4, -0.2) is 16.2 Å². The molecule has 124 valence electrons. The third-order valence-electron chi connectivity index (χ3n) is 3.73. The van der Waals surface area contributed by atoms with Crippen LogP contribution in [0.2, 0.25) is 0 Å². The SMILES string of the molecule is Cn1c(=NC(=O)CCCSCc2ccccc2)sc2ccccc21. The molecule has 0 radical (unpaired) electrons. The topological polar surface area (TPSA) is 34.4 Å². The van der Waals surface area contributed by atoms with Crippen molar-refractivity contribution in [2.45, 2.75) is 18.6 Å². The summed E-state index contributed by atoms with van der Waals surface area (Å²) in [6.07, 6.45) is 1.38. The van der Waals surface area contributed by atoms with Crippen LogP contribution in [0.5, 0.6) is 0 Å². The predicted octanol–water partition coefficient (Wildman–Crippen LogP) is 4.38. The molecule has 2 aromatic carbocycles. The van der Waals surface area contributed by atoms with Crippen LogP contribution in [-0.2, 0) is 17.6 Å². The van der Waals surface area contributed by atoms with E-state index in [2.05, 4.69) is 41.4 Å². The van der Waals surface area contributed by atoms with E-state index in [1.807, 2.05) is 41.6 Å². The van der Waals surface area contributed by atoms with Crippen LogP contribution in [0, 0.1) is 0 Å². The molecule has 0 fully saturated rings. The van der Waals surface area contributed by atoms with Crippen molar-refractivity contribution in [3.63, 3.8) is 0 Å². The Bertz CT molecular complexity index is 881. The molecule has 0 saturated carbocycles. The van der Waals surface area contributed by atoms with Crippen LogP contribution < -0.4 is 4.80 Å². The van der Waals surface area contributed by atoms with E-state index in [1.165, 1.54) is 5.56 Å². The summed E-state index contributed by atoms with van der Waals surface area (Å²) >= 11 is 3.43. The molecule has 0 aliphatic rings. The van der Waals surface area contributed by atoms with Crippen molar-refractivity contribution < 1.29 is 4.79 Å². The zero-order valence-corrected chi connectivity index (χ0v) is 15.3. The van der Waals surface area contributed by atoms with Gasteiger partial charge in [-0.05, 0) is 29.9 Å². The average molecular weight is 357 g/mol. The Kier molecular flexibility index (Phi) is 5.88. The highest BCUT2D eigenvalue weighted by atomic mass is 32.2. The second-order valence-electron chi connectivity index (χ2n) is 5.56. The number of para-hydroxylation sites is 1. The van der Waals surface area contributed by atoms with Gasteiger partial charge in [0.15, 0.2) is 4.80 Å². The number of aryl methyl sites for hydroxylation is 1. The number of nitrogens with zero attached hydrogens (tertiary/aromatic N) is 2. The van der Waals surface area contributed by atoms with Crippen LogP contribution in [0.4, 0.5) is 0 Å². The number of thioether (sulfide) groups is 1. The Morgan fingerprint density at radius 2 is 1.88 bits per heavy atom. The van der Waals surface area contributed by atoms with Crippen molar-refractivity contribution in [3.8, 4) is 0 Å². The number of aromatic nitrogens is 1. The Hall–Kier alpha value is -1.85. The van der Waals surface area contributed by atoms with Gasteiger partial charge in [-0.3, -0.25) is 4.79 Å². The largest absolute Gasteiger partial charge is 0.319 e. The van der Waals surface area contributed by atoms with Crippen molar-refractivity contribution in [2.75, 3.05) is 5.75 Å². The van der Waals surface area contributed by atoms with Gasteiger partial charge in [0.2, 0.25) is 5.91 Å². The fourth-order valence-electron chi connectivity index (χ4n) is 2.44. The zero-order valence-electron chi connectivity index (χ0n) is 13.6. The fraction of sp³-hybridized carbons (Fsp3) is 0.263. The van der Waals surface area contributed by atoms with Crippen molar-refractivity contribution in [1.82, 2.24) is 4.57 Å². The van der Waals surface area contributed by atoms with Crippen molar-refractivity contribution in [3.05, 3.63) is 65.0 Å². The predicted molar refractivity (Wildman–Crippen MR) is 103 cm³/mol. The minimum absolute atomic E-state index is 0.0301. The number of benzene rings is 2. The summed E-state index contributed by atoms with van der Waals surface area (Å²) in [4.78, 5) is 17.2. The lowest BCUT2D eigenvalue weighted by atomic mass is 10.2. The van der Waals surface area contributed by atoms with Gasteiger partial charge in [-0.1, -0.05) is 53.8 Å². The Morgan fingerprint density at radius 1 is 1.12 bits per heavy atom. The number of carbonyl (C=O) groups excluding carboxylic acids is 1. The first-order valence-electron chi connectivity index (χ1n) is 7.98. The first-order chi connectivity index (χ1) is 11.7. The summed E-state index contributed by atoms with van der Waals surface area (Å²) in [5.74, 6) is 1.95. The summed E-state index contributed by atoms with van der Waals surface area (Å²) in [5, 5.41) is 0. The molecule has 0 spiro atoms. The Morgan fingerprint density at radius 3 is 2.67 bits per heavy atom. The second kappa shape index (κ2) is 8.31. The summed E-state index contributed by atoms with van der Waals surface area (Å²) in [7, 11) is 1.96. The monoisotopic (exact) mass is 356 g/mol. The molecule has 0 saturated heterocycles. The maximum atomic E-state index is 12.1. The molecule has 3 aromatic rings. The van der Waals surface area contributed by atoms with Gasteiger partial charge in [0, 0.05) is 19.2 Å². The van der Waals surface area contributed by atoms with E-state index in [1.54, 1.807) is 11.3 Å². The van der Waals surface area contributed by atoms with Gasteiger partial charge >= 0.3 is 0 Å². The minimum Gasteiger partial charge on any atom is -0.319 e. The third-order valence-corrected chi connectivity index (χ3v) is 5.95. The van der Waals surface area contributed by atoms with E-state index in [9.17, 15) is 4.79 Å². The molecule has 1 amide bonds. The smallest absolute Gasteiger partial charge is 0.248 e. The highest BCUT2D eigenvalue weighted by molar-refractivity contribution is 7.98. The highest BCUT2D eigenvalue weighted by Gasteiger charge is 2.04. The zero-order chi connectivity index (χ0) is 16.8. The van der Waals surface area contributed by atoms with Gasteiger partial charge in [-0.25, -0.2) is 0 Å². The molecule has 1 aromatic heterocycles. The second-order valence-corrected chi connectivity index (χ2v) is 7.67. The van der Waals surface area contributed by atoms with Crippen molar-refractivity contribution >= 4 is 39.2 Å². The standard InChI is InChI=1S/C19H20N2OS2/c1-21-16-10-5-6-11-17(16)24-19(21)20-18(22)12-7-13-23-14-15-8-3-2-4-9-15/h2-6,8-11H,7,12-14H2,1H3. The number of hydrogen-bond donors (Lipinski definition) is 0. The molecule has 3 nitrogen and oxygen atoms in total. The molecule has 0 bridgehead atoms. The van der Waals surface area contributed by atoms with Gasteiger partial charge in [0.25, 0.3) is 0 Å². The Balaban J connectivity index is 1.51. The normalized spacial score (nSPS) is 12.0. The van der Waals surface area contributed by atoms with Crippen molar-refractivity contribution in [1.29, 1.82) is 0 Å². The number of thiazole rings is 1. The highest BCUT2D eigenvalue weighted by Crippen LogP contribution is 2.16. The molecule has 0 aliphatic carbocycles. The first-order valence-corrected chi connectivity index (χ1v) is 9.95. The van der Waals surface area contributed by atoms with Gasteiger partial charge < -0.3 is 4.57 Å². The van der Waals surface area contributed by atoms with Crippen molar-refractivity contribution in [2.24, 2.45) is 12.0 Å². The van der Waals surface area contributed by atoms with Crippen LogP contribution in [0.25, 0.3) is 10.2 Å². The molecule has 0 unspecified atom stereocenters. The van der Waals surface area contributed by atoms with Gasteiger partial charge in [-0.15, -0.1) is 0 Å². The molecule has 0 N–H and O–H groups in total. The lowest BCUT2D eigenvalue weighted by Gasteiger charge is -2.00. The molecular weight excluding hydrogens is 336 g/mol. The molecular formula is C19H20N2OS2. The van der Waals surface area contributed by atoms with Gasteiger partial charge in [-0.2, -0.15) is 16.8 Å². The van der Waals surface area contributed by atoms with E-state index in [0.717, 1.165) is 32.9 Å². The van der Waals surface area contributed by atoms with E-state index in [-0.39, 0.29) is 5.91 Å². The van der Waals surface area contributed by atoms with Crippen LogP contribution in [0.15, 0.2) is 59.6 Å². The number of rotatable bonds is 6. The maximum absolute atomic E-state index is 12.1. The number of carbonyl (C=O) groups is 1. The summed E-state index contributed by atoms with van der Waals surface area (Å²) in [6, 6.07) is 18.5. The number of amides is 1. The fourth-order valence-corrected chi connectivity index (χ4v) is 4.40. The summed E-state index contributed by atoms with van der Waals surface area (Å²) in [6.45, 7) is 0. The van der Waals surface area contributed by atoms with E-state index in [4.69, 9.17) is 0 Å². The van der Waals surface area contributed by atoms with Gasteiger partial charge in [0.1, 0.15) is 0 Å². The van der Waals surface area contributed by atoms with Crippen LogP contribution in [0.3, 0.4) is 0 Å². The summed E-state index contributed by atoms with van der Waals surface area (Å²) in [5.41, 5.74) is 2.45. The number of fused-ring (bicyclic) bond motifs is 1. The first kappa shape index (κ1) is 17.0. The van der Waals surface area contributed by atoms with Crippen LogP contribution in [0.1, 0.15) is 18.4 Å². The maximum Gasteiger partial charge on any atom is 0.248 e. The Labute approximate surface area is 150 Å². The molecule has 0 aliphatic heterocycles. The van der Waals surface area contributed by atoms with E-state index < -0.39 is 0 Å². The molecule has 0 atom stereocenters. The van der Waals surface area contributed by atoms with Crippen LogP contribution >= 0.6 is 23.1 Å². The number of hydrogen-bond acceptors (Lipinski definition) is 3. The third kappa shape index (κ3) is 4.36. The van der Waals surface area contributed by atoms with E-state index in [0.29, 0.717) is 6.42 Å². The summed E-state index contributed by atoms with van der Waals surface area (Å²) < 4.78 is 3.15. The molecule has 5 heteroatoms. The van der Waals surface area contributed by atoms with Gasteiger partial charge in [0.05, 0.1) is 10.2 Å². The minimum atomic E-state index is -0.0301. The molecule has 1 heterocycles.